The molecule has 0 saturated carbocycles. The first-order valence-electron chi connectivity index (χ1n) is 10.3. The van der Waals surface area contributed by atoms with Crippen molar-refractivity contribution in [2.75, 3.05) is 19.8 Å². The first-order chi connectivity index (χ1) is 14.9. The summed E-state index contributed by atoms with van der Waals surface area (Å²) in [5, 5.41) is 45.3. The van der Waals surface area contributed by atoms with Gasteiger partial charge in [-0.2, -0.15) is 8.42 Å². The molecule has 0 aliphatic carbocycles. The highest BCUT2D eigenvalue weighted by Crippen LogP contribution is 2.29. The Balaban J connectivity index is 1.70. The van der Waals surface area contributed by atoms with Gasteiger partial charge in [0.2, 0.25) is 0 Å². The standard InChI is InChI=1S/C17H32N2O12S/c1-7-2-9(21)11(5-26-7)29-17-14(18)15(23)16(12(30-17)6-28-32(19,24)25)31-13-3-8(20)10(22)4-27-13/h7-17,20-23H,2-6,18H2,1H3,(H2,19,24,25)/t7-,8-,9-,10+,11+,12?,13-,14?,15+,16+,17+/m0/s1. The van der Waals surface area contributed by atoms with Crippen LogP contribution in [0.2, 0.25) is 0 Å². The monoisotopic (exact) mass is 488 g/mol. The van der Waals surface area contributed by atoms with Gasteiger partial charge in [-0.05, 0) is 6.92 Å². The van der Waals surface area contributed by atoms with Crippen LogP contribution >= 0.6 is 0 Å². The molecule has 3 fully saturated rings. The summed E-state index contributed by atoms with van der Waals surface area (Å²) in [5.41, 5.74) is 6.09. The number of ether oxygens (including phenoxy) is 5. The molecule has 3 saturated heterocycles. The molecule has 0 aromatic carbocycles. The van der Waals surface area contributed by atoms with Crippen molar-refractivity contribution < 1.29 is 56.7 Å². The molecule has 188 valence electrons. The van der Waals surface area contributed by atoms with Crippen LogP contribution < -0.4 is 10.9 Å². The summed E-state index contributed by atoms with van der Waals surface area (Å²) < 4.78 is 55.1. The minimum Gasteiger partial charge on any atom is -0.390 e. The van der Waals surface area contributed by atoms with Gasteiger partial charge in [-0.15, -0.1) is 0 Å². The van der Waals surface area contributed by atoms with Crippen LogP contribution in [0.1, 0.15) is 19.8 Å². The summed E-state index contributed by atoms with van der Waals surface area (Å²) in [7, 11) is -4.34. The number of nitrogens with two attached hydrogens (primary N) is 2. The predicted molar refractivity (Wildman–Crippen MR) is 104 cm³/mol. The Labute approximate surface area is 185 Å². The SMILES string of the molecule is C[C@H]1C[C@H](O)[C@H](O[C@@H]2OC(COS(N)(=O)=O)[C@@H](O[C@H]3C[C@H](O)[C@H](O)CO3)[C@H](O)C2N)CO1. The van der Waals surface area contributed by atoms with E-state index in [1.165, 1.54) is 0 Å². The van der Waals surface area contributed by atoms with Gasteiger partial charge in [-0.3, -0.25) is 4.18 Å². The molecule has 0 aromatic rings. The van der Waals surface area contributed by atoms with Crippen LogP contribution in [0.4, 0.5) is 0 Å². The van der Waals surface area contributed by atoms with Crippen molar-refractivity contribution in [3.63, 3.8) is 0 Å². The largest absolute Gasteiger partial charge is 0.390 e. The van der Waals surface area contributed by atoms with Gasteiger partial charge < -0.3 is 49.8 Å². The van der Waals surface area contributed by atoms with E-state index in [-0.39, 0.29) is 25.7 Å². The van der Waals surface area contributed by atoms with Gasteiger partial charge in [0, 0.05) is 12.8 Å². The Hall–Kier alpha value is -0.530. The van der Waals surface area contributed by atoms with Crippen LogP contribution in [0.5, 0.6) is 0 Å². The van der Waals surface area contributed by atoms with E-state index >= 15 is 0 Å². The molecule has 3 heterocycles. The van der Waals surface area contributed by atoms with Gasteiger partial charge >= 0.3 is 10.3 Å². The third-order valence-corrected chi connectivity index (χ3v) is 6.08. The van der Waals surface area contributed by atoms with E-state index < -0.39 is 78.3 Å². The molecular weight excluding hydrogens is 456 g/mol. The Morgan fingerprint density at radius 3 is 2.34 bits per heavy atom. The average molecular weight is 489 g/mol. The number of aliphatic hydroxyl groups excluding tert-OH is 4. The lowest BCUT2D eigenvalue weighted by Gasteiger charge is -2.46. The number of aliphatic hydroxyl groups is 4. The van der Waals surface area contributed by atoms with Gasteiger partial charge in [-0.1, -0.05) is 0 Å². The highest BCUT2D eigenvalue weighted by molar-refractivity contribution is 7.84. The molecule has 11 atom stereocenters. The van der Waals surface area contributed by atoms with Crippen molar-refractivity contribution in [3.8, 4) is 0 Å². The van der Waals surface area contributed by atoms with E-state index in [0.29, 0.717) is 6.42 Å². The Kier molecular flexibility index (Phi) is 8.81. The minimum atomic E-state index is -4.34. The van der Waals surface area contributed by atoms with Crippen molar-refractivity contribution in [3.05, 3.63) is 0 Å². The lowest BCUT2D eigenvalue weighted by molar-refractivity contribution is -0.325. The highest BCUT2D eigenvalue weighted by atomic mass is 32.2. The van der Waals surface area contributed by atoms with Crippen LogP contribution in [0, 0.1) is 0 Å². The third-order valence-electron chi connectivity index (χ3n) is 5.61. The molecule has 8 N–H and O–H groups in total. The second kappa shape index (κ2) is 10.8. The number of hydrogen-bond donors (Lipinski definition) is 6. The maximum Gasteiger partial charge on any atom is 0.333 e. The number of rotatable bonds is 7. The molecule has 0 aromatic heterocycles. The van der Waals surface area contributed by atoms with Crippen LogP contribution in [0.15, 0.2) is 0 Å². The topological polar surface area (TPSA) is 222 Å². The predicted octanol–water partition coefficient (Wildman–Crippen LogP) is -3.97. The quantitative estimate of drug-likeness (QED) is 0.201. The smallest absolute Gasteiger partial charge is 0.333 e. The summed E-state index contributed by atoms with van der Waals surface area (Å²) in [6.07, 6.45) is -9.97. The molecule has 3 aliphatic rings. The number of hydrogen-bond acceptors (Lipinski definition) is 13. The average Bonchev–Trinajstić information content (AvgIpc) is 2.70. The Morgan fingerprint density at radius 1 is 1.00 bits per heavy atom. The van der Waals surface area contributed by atoms with Crippen molar-refractivity contribution in [2.45, 2.75) is 87.2 Å². The fourth-order valence-corrected chi connectivity index (χ4v) is 4.09. The van der Waals surface area contributed by atoms with Crippen molar-refractivity contribution in [1.29, 1.82) is 0 Å². The van der Waals surface area contributed by atoms with E-state index in [1.807, 2.05) is 0 Å². The Bertz CT molecular complexity index is 714. The van der Waals surface area contributed by atoms with Gasteiger partial charge in [0.25, 0.3) is 0 Å². The van der Waals surface area contributed by atoms with E-state index in [9.17, 15) is 28.8 Å². The summed E-state index contributed by atoms with van der Waals surface area (Å²) >= 11 is 0. The zero-order chi connectivity index (χ0) is 23.6. The van der Waals surface area contributed by atoms with Crippen molar-refractivity contribution in [2.24, 2.45) is 10.9 Å². The molecule has 0 bridgehead atoms. The summed E-state index contributed by atoms with van der Waals surface area (Å²) in [4.78, 5) is 0. The fourth-order valence-electron chi connectivity index (χ4n) is 3.77. The van der Waals surface area contributed by atoms with E-state index in [1.54, 1.807) is 6.92 Å². The first-order valence-corrected chi connectivity index (χ1v) is 11.8. The second-order valence-electron chi connectivity index (χ2n) is 8.24. The maximum atomic E-state index is 11.3. The van der Waals surface area contributed by atoms with Crippen LogP contribution in [0.3, 0.4) is 0 Å². The molecule has 0 spiro atoms. The molecule has 15 heteroatoms. The van der Waals surface area contributed by atoms with Crippen molar-refractivity contribution in [1.82, 2.24) is 0 Å². The van der Waals surface area contributed by atoms with Gasteiger partial charge in [0.05, 0.1) is 44.2 Å². The maximum absolute atomic E-state index is 11.3. The minimum absolute atomic E-state index is 0.0689. The van der Waals surface area contributed by atoms with E-state index in [2.05, 4.69) is 4.18 Å². The first kappa shape index (κ1) is 26.1. The van der Waals surface area contributed by atoms with Crippen LogP contribution in [0.25, 0.3) is 0 Å². The van der Waals surface area contributed by atoms with Gasteiger partial charge in [0.15, 0.2) is 12.6 Å². The lowest BCUT2D eigenvalue weighted by atomic mass is 9.96. The fraction of sp³-hybridized carbons (Fsp3) is 1.00. The zero-order valence-corrected chi connectivity index (χ0v) is 18.3. The zero-order valence-electron chi connectivity index (χ0n) is 17.5. The Morgan fingerprint density at radius 2 is 1.72 bits per heavy atom. The van der Waals surface area contributed by atoms with E-state index in [0.717, 1.165) is 0 Å². The molecule has 14 nitrogen and oxygen atoms in total. The van der Waals surface area contributed by atoms with Gasteiger partial charge in [-0.25, -0.2) is 5.14 Å². The van der Waals surface area contributed by atoms with Crippen molar-refractivity contribution >= 4 is 10.3 Å². The lowest BCUT2D eigenvalue weighted by Crippen LogP contribution is -2.65. The van der Waals surface area contributed by atoms with Crippen LogP contribution in [-0.2, 0) is 38.2 Å². The molecule has 3 aliphatic heterocycles. The molecule has 0 radical (unpaired) electrons. The summed E-state index contributed by atoms with van der Waals surface area (Å²) in [6.45, 7) is 1.03. The summed E-state index contributed by atoms with van der Waals surface area (Å²) in [6, 6.07) is -1.16. The van der Waals surface area contributed by atoms with E-state index in [4.69, 9.17) is 34.6 Å². The van der Waals surface area contributed by atoms with Gasteiger partial charge in [0.1, 0.15) is 30.5 Å². The second-order valence-corrected chi connectivity index (χ2v) is 9.47. The molecule has 3 rings (SSSR count). The normalized spacial score (nSPS) is 46.2. The molecule has 0 amide bonds. The molecular formula is C17H32N2O12S. The molecule has 32 heavy (non-hydrogen) atoms. The van der Waals surface area contributed by atoms with Crippen LogP contribution in [-0.4, -0.2) is 116 Å². The highest BCUT2D eigenvalue weighted by Gasteiger charge is 2.48. The third kappa shape index (κ3) is 6.75. The summed E-state index contributed by atoms with van der Waals surface area (Å²) in [5.74, 6) is 0. The molecule has 2 unspecified atom stereocenters.